The van der Waals surface area contributed by atoms with Crippen LogP contribution in [0.25, 0.3) is 0 Å². The lowest BCUT2D eigenvalue weighted by molar-refractivity contribution is -0.129. The Balaban J connectivity index is 2.82. The first-order valence-electron chi connectivity index (χ1n) is 7.33. The summed E-state index contributed by atoms with van der Waals surface area (Å²) in [5.41, 5.74) is 0. The molecule has 0 saturated carbocycles. The monoisotopic (exact) mass is 361 g/mol. The van der Waals surface area contributed by atoms with Gasteiger partial charge in [-0.2, -0.15) is 4.72 Å². The van der Waals surface area contributed by atoms with Crippen LogP contribution in [0.3, 0.4) is 0 Å². The number of likely N-dealkylation sites (N-methyl/N-ethyl adjacent to an activating group) is 1. The molecule has 0 bridgehead atoms. The van der Waals surface area contributed by atoms with Gasteiger partial charge < -0.3 is 10.6 Å². The lowest BCUT2D eigenvalue weighted by Crippen LogP contribution is -2.54. The van der Waals surface area contributed by atoms with E-state index in [9.17, 15) is 18.0 Å². The Bertz CT molecular complexity index is 626. The van der Waals surface area contributed by atoms with Crippen molar-refractivity contribution >= 4 is 33.2 Å². The van der Waals surface area contributed by atoms with Crippen molar-refractivity contribution in [3.63, 3.8) is 0 Å². The van der Waals surface area contributed by atoms with Crippen LogP contribution in [0.1, 0.15) is 27.7 Å². The van der Waals surface area contributed by atoms with Crippen LogP contribution >= 0.6 is 11.3 Å². The number of thiophene rings is 1. The number of rotatable bonds is 8. The van der Waals surface area contributed by atoms with Crippen molar-refractivity contribution in [3.8, 4) is 0 Å². The van der Waals surface area contributed by atoms with Crippen LogP contribution in [0, 0.1) is 5.92 Å². The molecule has 0 aliphatic heterocycles. The number of amides is 2. The lowest BCUT2D eigenvalue weighted by atomic mass is 10.0. The summed E-state index contributed by atoms with van der Waals surface area (Å²) in [5.74, 6) is -1.12. The maximum atomic E-state index is 12.3. The molecule has 2 amide bonds. The van der Waals surface area contributed by atoms with E-state index >= 15 is 0 Å². The van der Waals surface area contributed by atoms with E-state index in [1.165, 1.54) is 6.07 Å². The minimum absolute atomic E-state index is 0.146. The fourth-order valence-corrected chi connectivity index (χ4v) is 4.18. The first-order chi connectivity index (χ1) is 10.7. The summed E-state index contributed by atoms with van der Waals surface area (Å²) in [6.07, 6.45) is 0. The number of carbonyl (C=O) groups excluding carboxylic acids is 2. The fourth-order valence-electron chi connectivity index (χ4n) is 1.83. The summed E-state index contributed by atoms with van der Waals surface area (Å²) >= 11 is 1.07. The molecule has 0 spiro atoms. The molecule has 3 N–H and O–H groups in total. The molecule has 9 heteroatoms. The second kappa shape index (κ2) is 8.42. The Morgan fingerprint density at radius 1 is 1.22 bits per heavy atom. The van der Waals surface area contributed by atoms with E-state index in [0.29, 0.717) is 6.54 Å². The lowest BCUT2D eigenvalue weighted by Gasteiger charge is -2.23. The molecule has 7 nitrogen and oxygen atoms in total. The predicted octanol–water partition coefficient (Wildman–Crippen LogP) is 0.692. The molecule has 23 heavy (non-hydrogen) atoms. The molecular weight excluding hydrogens is 338 g/mol. The summed E-state index contributed by atoms with van der Waals surface area (Å²) in [6, 6.07) is 1.40. The minimum atomic E-state index is -3.77. The molecular formula is C14H23N3O4S2. The Morgan fingerprint density at radius 3 is 2.35 bits per heavy atom. The van der Waals surface area contributed by atoms with Crippen LogP contribution in [0.4, 0.5) is 0 Å². The molecule has 0 unspecified atom stereocenters. The third-order valence-electron chi connectivity index (χ3n) is 3.09. The zero-order valence-electron chi connectivity index (χ0n) is 13.6. The Labute approximate surface area is 140 Å². The minimum Gasteiger partial charge on any atom is -0.355 e. The highest BCUT2D eigenvalue weighted by Gasteiger charge is 2.30. The number of nitrogens with one attached hydrogen (secondary N) is 3. The largest absolute Gasteiger partial charge is 0.355 e. The average molecular weight is 361 g/mol. The van der Waals surface area contributed by atoms with Gasteiger partial charge in [-0.1, -0.05) is 19.9 Å². The molecule has 0 saturated heterocycles. The van der Waals surface area contributed by atoms with Crippen LogP contribution in [0.5, 0.6) is 0 Å². The Morgan fingerprint density at radius 2 is 1.87 bits per heavy atom. The molecule has 0 aliphatic carbocycles. The van der Waals surface area contributed by atoms with Gasteiger partial charge in [0, 0.05) is 6.54 Å². The Kier molecular flexibility index (Phi) is 7.17. The van der Waals surface area contributed by atoms with E-state index in [1.54, 1.807) is 39.1 Å². The maximum Gasteiger partial charge on any atom is 0.250 e. The predicted molar refractivity (Wildman–Crippen MR) is 89.6 cm³/mol. The van der Waals surface area contributed by atoms with E-state index in [2.05, 4.69) is 15.4 Å². The summed E-state index contributed by atoms with van der Waals surface area (Å²) in [4.78, 5) is 24.0. The molecule has 0 aliphatic rings. The second-order valence-electron chi connectivity index (χ2n) is 5.40. The SMILES string of the molecule is CCNC(=O)[C@@H](C)NC(=O)[C@H](NS(=O)(=O)c1cccs1)C(C)C. The average Bonchev–Trinajstić information content (AvgIpc) is 2.99. The van der Waals surface area contributed by atoms with E-state index in [1.807, 2.05) is 0 Å². The van der Waals surface area contributed by atoms with Crippen LogP contribution in [-0.4, -0.2) is 38.9 Å². The maximum absolute atomic E-state index is 12.3. The van der Waals surface area contributed by atoms with Crippen LogP contribution in [0.2, 0.25) is 0 Å². The quantitative estimate of drug-likeness (QED) is 0.634. The number of sulfonamides is 1. The third kappa shape index (κ3) is 5.60. The van der Waals surface area contributed by atoms with Gasteiger partial charge >= 0.3 is 0 Å². The molecule has 0 aromatic carbocycles. The number of carbonyl (C=O) groups is 2. The smallest absolute Gasteiger partial charge is 0.250 e. The highest BCUT2D eigenvalue weighted by Crippen LogP contribution is 2.17. The highest BCUT2D eigenvalue weighted by molar-refractivity contribution is 7.91. The van der Waals surface area contributed by atoms with Gasteiger partial charge in [0.25, 0.3) is 10.0 Å². The van der Waals surface area contributed by atoms with E-state index < -0.39 is 28.0 Å². The van der Waals surface area contributed by atoms with E-state index in [0.717, 1.165) is 11.3 Å². The van der Waals surface area contributed by atoms with Crippen LogP contribution < -0.4 is 15.4 Å². The van der Waals surface area contributed by atoms with E-state index in [4.69, 9.17) is 0 Å². The Hall–Kier alpha value is -1.45. The molecule has 0 fully saturated rings. The first-order valence-corrected chi connectivity index (χ1v) is 9.69. The summed E-state index contributed by atoms with van der Waals surface area (Å²) in [5, 5.41) is 6.79. The molecule has 1 aromatic heterocycles. The molecule has 0 radical (unpaired) electrons. The van der Waals surface area contributed by atoms with Crippen molar-refractivity contribution in [1.82, 2.24) is 15.4 Å². The topological polar surface area (TPSA) is 104 Å². The van der Waals surface area contributed by atoms with Gasteiger partial charge in [0.05, 0.1) is 0 Å². The highest BCUT2D eigenvalue weighted by atomic mass is 32.2. The number of hydrogen-bond donors (Lipinski definition) is 3. The van der Waals surface area contributed by atoms with Gasteiger partial charge in [0.15, 0.2) is 0 Å². The molecule has 1 aromatic rings. The van der Waals surface area contributed by atoms with Crippen molar-refractivity contribution in [2.75, 3.05) is 6.54 Å². The summed E-state index contributed by atoms with van der Waals surface area (Å²) < 4.78 is 27.1. The van der Waals surface area contributed by atoms with Crippen molar-refractivity contribution in [2.24, 2.45) is 5.92 Å². The standard InChI is InChI=1S/C14H23N3O4S2/c1-5-15-13(18)10(4)16-14(19)12(9(2)3)17-23(20,21)11-7-6-8-22-11/h6-10,12,17H,5H2,1-4H3,(H,15,18)(H,16,19)/t10-,12-/m1/s1. The van der Waals surface area contributed by atoms with Gasteiger partial charge in [-0.25, -0.2) is 8.42 Å². The summed E-state index contributed by atoms with van der Waals surface area (Å²) in [6.45, 7) is 7.25. The fraction of sp³-hybridized carbons (Fsp3) is 0.571. The van der Waals surface area contributed by atoms with Crippen LogP contribution in [-0.2, 0) is 19.6 Å². The molecule has 1 rings (SSSR count). The van der Waals surface area contributed by atoms with E-state index in [-0.39, 0.29) is 16.0 Å². The van der Waals surface area contributed by atoms with Crippen molar-refractivity contribution in [2.45, 2.75) is 44.0 Å². The summed E-state index contributed by atoms with van der Waals surface area (Å²) in [7, 11) is -3.77. The molecule has 1 heterocycles. The molecule has 2 atom stereocenters. The normalized spacial score (nSPS) is 14.3. The zero-order valence-corrected chi connectivity index (χ0v) is 15.3. The zero-order chi connectivity index (χ0) is 17.6. The van der Waals surface area contributed by atoms with Gasteiger partial charge in [-0.05, 0) is 31.2 Å². The second-order valence-corrected chi connectivity index (χ2v) is 8.29. The van der Waals surface area contributed by atoms with Gasteiger partial charge in [-0.3, -0.25) is 9.59 Å². The van der Waals surface area contributed by atoms with Gasteiger partial charge in [-0.15, -0.1) is 11.3 Å². The van der Waals surface area contributed by atoms with Crippen molar-refractivity contribution < 1.29 is 18.0 Å². The van der Waals surface area contributed by atoms with Crippen molar-refractivity contribution in [3.05, 3.63) is 17.5 Å². The van der Waals surface area contributed by atoms with Gasteiger partial charge in [0.1, 0.15) is 16.3 Å². The number of hydrogen-bond acceptors (Lipinski definition) is 5. The molecule has 130 valence electrons. The van der Waals surface area contributed by atoms with Crippen molar-refractivity contribution in [1.29, 1.82) is 0 Å². The third-order valence-corrected chi connectivity index (χ3v) is 5.93. The van der Waals surface area contributed by atoms with Gasteiger partial charge in [0.2, 0.25) is 11.8 Å². The first kappa shape index (κ1) is 19.6. The van der Waals surface area contributed by atoms with Crippen LogP contribution in [0.15, 0.2) is 21.7 Å².